The fraction of sp³-hybridized carbons (Fsp3) is 0.429. The van der Waals surface area contributed by atoms with Gasteiger partial charge in [0.1, 0.15) is 5.82 Å². The van der Waals surface area contributed by atoms with Crippen molar-refractivity contribution in [3.05, 3.63) is 54.6 Å². The summed E-state index contributed by atoms with van der Waals surface area (Å²) in [6, 6.07) is 12.3. The number of amides is 1. The third kappa shape index (κ3) is 3.26. The molecule has 1 saturated heterocycles. The molecule has 1 aromatic carbocycles. The highest BCUT2D eigenvalue weighted by Gasteiger charge is 2.30. The molecule has 26 heavy (non-hydrogen) atoms. The Morgan fingerprint density at radius 2 is 1.96 bits per heavy atom. The normalized spacial score (nSPS) is 17.7. The second-order valence-electron chi connectivity index (χ2n) is 7.14. The standard InChI is InChI=1S/C21H26N4O/c1-23-18-10-3-2-9-17(18)22-21(23)19-11-4-5-16-25(19)20(26)12-8-15-24-13-6-7-14-24/h2-3,6-7,9-10,13-14,19H,4-5,8,11-12,15-16H2,1H3/t19-/m0/s1. The third-order valence-corrected chi connectivity index (χ3v) is 5.42. The smallest absolute Gasteiger partial charge is 0.223 e. The predicted octanol–water partition coefficient (Wildman–Crippen LogP) is 3.91. The van der Waals surface area contributed by atoms with E-state index < -0.39 is 0 Å². The van der Waals surface area contributed by atoms with Gasteiger partial charge in [-0.05, 0) is 49.9 Å². The van der Waals surface area contributed by atoms with E-state index in [4.69, 9.17) is 4.98 Å². The maximum Gasteiger partial charge on any atom is 0.223 e. The fourth-order valence-corrected chi connectivity index (χ4v) is 4.04. The molecule has 3 aromatic rings. The first-order valence-electron chi connectivity index (χ1n) is 9.55. The van der Waals surface area contributed by atoms with Crippen LogP contribution in [-0.4, -0.2) is 31.5 Å². The molecule has 2 aromatic heterocycles. The second-order valence-corrected chi connectivity index (χ2v) is 7.14. The van der Waals surface area contributed by atoms with Gasteiger partial charge >= 0.3 is 0 Å². The molecule has 0 bridgehead atoms. The zero-order chi connectivity index (χ0) is 17.9. The van der Waals surface area contributed by atoms with Crippen molar-refractivity contribution in [2.24, 2.45) is 7.05 Å². The summed E-state index contributed by atoms with van der Waals surface area (Å²) in [5, 5.41) is 0. The summed E-state index contributed by atoms with van der Waals surface area (Å²) >= 11 is 0. The quantitative estimate of drug-likeness (QED) is 0.700. The number of likely N-dealkylation sites (tertiary alicyclic amines) is 1. The summed E-state index contributed by atoms with van der Waals surface area (Å²) < 4.78 is 4.29. The number of hydrogen-bond acceptors (Lipinski definition) is 2. The van der Waals surface area contributed by atoms with Crippen LogP contribution < -0.4 is 0 Å². The molecule has 1 aliphatic heterocycles. The maximum atomic E-state index is 12.9. The van der Waals surface area contributed by atoms with E-state index in [1.54, 1.807) is 0 Å². The second kappa shape index (κ2) is 7.36. The van der Waals surface area contributed by atoms with Gasteiger partial charge in [-0.25, -0.2) is 4.98 Å². The first-order valence-corrected chi connectivity index (χ1v) is 9.55. The van der Waals surface area contributed by atoms with Crippen LogP contribution in [0.15, 0.2) is 48.8 Å². The number of benzene rings is 1. The average molecular weight is 350 g/mol. The van der Waals surface area contributed by atoms with Gasteiger partial charge in [0.2, 0.25) is 5.91 Å². The number of nitrogens with zero attached hydrogens (tertiary/aromatic N) is 4. The molecule has 0 unspecified atom stereocenters. The van der Waals surface area contributed by atoms with Gasteiger partial charge < -0.3 is 14.0 Å². The van der Waals surface area contributed by atoms with Crippen molar-refractivity contribution in [2.75, 3.05) is 6.54 Å². The number of para-hydroxylation sites is 2. The van der Waals surface area contributed by atoms with Crippen LogP contribution in [0, 0.1) is 0 Å². The Hall–Kier alpha value is -2.56. The molecule has 3 heterocycles. The monoisotopic (exact) mass is 350 g/mol. The van der Waals surface area contributed by atoms with Crippen molar-refractivity contribution in [1.29, 1.82) is 0 Å². The highest BCUT2D eigenvalue weighted by Crippen LogP contribution is 2.32. The van der Waals surface area contributed by atoms with Crippen LogP contribution >= 0.6 is 0 Å². The van der Waals surface area contributed by atoms with Crippen molar-refractivity contribution >= 4 is 16.9 Å². The van der Waals surface area contributed by atoms with E-state index in [2.05, 4.69) is 27.1 Å². The lowest BCUT2D eigenvalue weighted by Crippen LogP contribution is -2.39. The molecule has 0 N–H and O–H groups in total. The third-order valence-electron chi connectivity index (χ3n) is 5.42. The highest BCUT2D eigenvalue weighted by molar-refractivity contribution is 5.78. The molecule has 136 valence electrons. The SMILES string of the molecule is Cn1c([C@@H]2CCCCN2C(=O)CCCn2cccc2)nc2ccccc21. The molecule has 0 radical (unpaired) electrons. The van der Waals surface area contributed by atoms with Crippen molar-refractivity contribution in [3.63, 3.8) is 0 Å². The van der Waals surface area contributed by atoms with Crippen molar-refractivity contribution in [2.45, 2.75) is 44.7 Å². The van der Waals surface area contributed by atoms with Crippen LogP contribution in [0.4, 0.5) is 0 Å². The van der Waals surface area contributed by atoms with Gasteiger partial charge in [-0.3, -0.25) is 4.79 Å². The lowest BCUT2D eigenvalue weighted by atomic mass is 10.0. The predicted molar refractivity (Wildman–Crippen MR) is 103 cm³/mol. The topological polar surface area (TPSA) is 43.1 Å². The van der Waals surface area contributed by atoms with Gasteiger partial charge in [-0.15, -0.1) is 0 Å². The summed E-state index contributed by atoms with van der Waals surface area (Å²) in [7, 11) is 2.06. The van der Waals surface area contributed by atoms with Crippen molar-refractivity contribution in [3.8, 4) is 0 Å². The maximum absolute atomic E-state index is 12.9. The minimum atomic E-state index is 0.0974. The Bertz CT molecular complexity index is 881. The number of hydrogen-bond donors (Lipinski definition) is 0. The largest absolute Gasteiger partial charge is 0.354 e. The van der Waals surface area contributed by atoms with E-state index >= 15 is 0 Å². The van der Waals surface area contributed by atoms with Gasteiger partial charge in [0.25, 0.3) is 0 Å². The summed E-state index contributed by atoms with van der Waals surface area (Å²) in [6.45, 7) is 1.74. The number of aromatic nitrogens is 3. The van der Waals surface area contributed by atoms with Crippen LogP contribution in [0.25, 0.3) is 11.0 Å². The Morgan fingerprint density at radius 3 is 2.77 bits per heavy atom. The van der Waals surface area contributed by atoms with Crippen LogP contribution in [0.2, 0.25) is 0 Å². The first-order chi connectivity index (χ1) is 12.7. The van der Waals surface area contributed by atoms with E-state index in [9.17, 15) is 4.79 Å². The van der Waals surface area contributed by atoms with Crippen molar-refractivity contribution in [1.82, 2.24) is 19.0 Å². The molecule has 5 heteroatoms. The molecule has 5 nitrogen and oxygen atoms in total. The summed E-state index contributed by atoms with van der Waals surface area (Å²) in [6.07, 6.45) is 8.81. The minimum Gasteiger partial charge on any atom is -0.354 e. The number of aryl methyl sites for hydroxylation is 2. The zero-order valence-electron chi connectivity index (χ0n) is 15.3. The van der Waals surface area contributed by atoms with Crippen LogP contribution in [0.3, 0.4) is 0 Å². The van der Waals surface area contributed by atoms with Gasteiger partial charge in [0.05, 0.1) is 17.1 Å². The summed E-state index contributed by atoms with van der Waals surface area (Å²) in [5.74, 6) is 1.28. The van der Waals surface area contributed by atoms with Crippen LogP contribution in [0.1, 0.15) is 44.0 Å². The molecule has 0 spiro atoms. The Balaban J connectivity index is 1.50. The number of piperidine rings is 1. The molecule has 1 atom stereocenters. The molecule has 1 aliphatic rings. The molecular formula is C21H26N4O. The van der Waals surface area contributed by atoms with E-state index in [1.165, 1.54) is 0 Å². The van der Waals surface area contributed by atoms with Gasteiger partial charge in [-0.1, -0.05) is 12.1 Å². The molecule has 0 aliphatic carbocycles. The van der Waals surface area contributed by atoms with E-state index in [0.717, 1.165) is 55.6 Å². The summed E-state index contributed by atoms with van der Waals surface area (Å²) in [5.41, 5.74) is 2.14. The van der Waals surface area contributed by atoms with E-state index in [-0.39, 0.29) is 11.9 Å². The molecule has 0 saturated carbocycles. The Labute approximate surface area is 154 Å². The lowest BCUT2D eigenvalue weighted by molar-refractivity contribution is -0.135. The lowest BCUT2D eigenvalue weighted by Gasteiger charge is -2.35. The van der Waals surface area contributed by atoms with E-state index in [1.807, 2.05) is 42.7 Å². The van der Waals surface area contributed by atoms with Crippen LogP contribution in [-0.2, 0) is 18.4 Å². The number of carbonyl (C=O) groups excluding carboxylic acids is 1. The van der Waals surface area contributed by atoms with Gasteiger partial charge in [0.15, 0.2) is 0 Å². The highest BCUT2D eigenvalue weighted by atomic mass is 16.2. The minimum absolute atomic E-state index is 0.0974. The molecule has 4 rings (SSSR count). The zero-order valence-corrected chi connectivity index (χ0v) is 15.3. The van der Waals surface area contributed by atoms with Gasteiger partial charge in [0, 0.05) is 39.0 Å². The Kier molecular flexibility index (Phi) is 4.78. The van der Waals surface area contributed by atoms with E-state index in [0.29, 0.717) is 6.42 Å². The first kappa shape index (κ1) is 16.9. The summed E-state index contributed by atoms with van der Waals surface area (Å²) in [4.78, 5) is 19.8. The number of fused-ring (bicyclic) bond motifs is 1. The number of carbonyl (C=O) groups is 1. The van der Waals surface area contributed by atoms with Crippen LogP contribution in [0.5, 0.6) is 0 Å². The fourth-order valence-electron chi connectivity index (χ4n) is 4.04. The average Bonchev–Trinajstić information content (AvgIpc) is 3.30. The molecule has 1 amide bonds. The number of imidazole rings is 1. The Morgan fingerprint density at radius 1 is 1.15 bits per heavy atom. The molecule has 1 fully saturated rings. The van der Waals surface area contributed by atoms with Gasteiger partial charge in [-0.2, -0.15) is 0 Å². The number of rotatable bonds is 5. The van der Waals surface area contributed by atoms with Crippen molar-refractivity contribution < 1.29 is 4.79 Å². The molecular weight excluding hydrogens is 324 g/mol.